The highest BCUT2D eigenvalue weighted by molar-refractivity contribution is 5.20. The summed E-state index contributed by atoms with van der Waals surface area (Å²) < 4.78 is 7.01. The molecule has 1 aromatic rings. The Kier molecular flexibility index (Phi) is 5.82. The lowest BCUT2D eigenvalue weighted by atomic mass is 9.94. The second-order valence-electron chi connectivity index (χ2n) is 5.91. The summed E-state index contributed by atoms with van der Waals surface area (Å²) in [5.41, 5.74) is 0.624. The first-order valence-corrected chi connectivity index (χ1v) is 7.73. The van der Waals surface area contributed by atoms with Crippen LogP contribution in [0.2, 0.25) is 0 Å². The third kappa shape index (κ3) is 4.32. The Morgan fingerprint density at radius 1 is 1.38 bits per heavy atom. The van der Waals surface area contributed by atoms with Crippen molar-refractivity contribution in [2.24, 2.45) is 0 Å². The van der Waals surface area contributed by atoms with Crippen LogP contribution in [0.4, 0.5) is 0 Å². The van der Waals surface area contributed by atoms with Gasteiger partial charge in [0, 0.05) is 38.0 Å². The van der Waals surface area contributed by atoms with Gasteiger partial charge in [-0.2, -0.15) is 0 Å². The molecule has 1 aliphatic rings. The van der Waals surface area contributed by atoms with Crippen molar-refractivity contribution in [3.05, 3.63) is 28.2 Å². The summed E-state index contributed by atoms with van der Waals surface area (Å²) in [6.45, 7) is 1.92. The highest BCUT2D eigenvalue weighted by Gasteiger charge is 2.19. The van der Waals surface area contributed by atoms with Crippen LogP contribution in [0.5, 0.6) is 5.75 Å². The smallest absolute Gasteiger partial charge is 0.223 e. The minimum Gasteiger partial charge on any atom is -0.503 e. The Bertz CT molecular complexity index is 507. The van der Waals surface area contributed by atoms with Crippen molar-refractivity contribution in [3.8, 4) is 5.75 Å². The summed E-state index contributed by atoms with van der Waals surface area (Å²) in [7, 11) is 3.77. The molecule has 1 aromatic heterocycles. The van der Waals surface area contributed by atoms with Crippen molar-refractivity contribution in [3.63, 3.8) is 0 Å². The van der Waals surface area contributed by atoms with Crippen molar-refractivity contribution in [1.29, 1.82) is 0 Å². The van der Waals surface area contributed by atoms with Gasteiger partial charge in [0.15, 0.2) is 5.75 Å². The molecule has 0 bridgehead atoms. The molecule has 5 nitrogen and oxygen atoms in total. The van der Waals surface area contributed by atoms with Gasteiger partial charge in [0.1, 0.15) is 0 Å². The molecule has 2 rings (SSSR count). The number of hydrogen-bond acceptors (Lipinski definition) is 4. The number of hydrogen-bond donors (Lipinski definition) is 1. The van der Waals surface area contributed by atoms with E-state index in [1.807, 2.05) is 4.57 Å². The number of aromatic hydroxyl groups is 1. The average Bonchev–Trinajstić information content (AvgIpc) is 2.50. The minimum atomic E-state index is -0.310. The molecule has 5 heteroatoms. The zero-order chi connectivity index (χ0) is 15.2. The lowest BCUT2D eigenvalue weighted by Crippen LogP contribution is -2.34. The first-order valence-electron chi connectivity index (χ1n) is 7.73. The van der Waals surface area contributed by atoms with Gasteiger partial charge in [-0.1, -0.05) is 19.3 Å². The molecule has 0 unspecified atom stereocenters. The average molecular weight is 294 g/mol. The van der Waals surface area contributed by atoms with Crippen molar-refractivity contribution in [1.82, 2.24) is 9.47 Å². The molecular formula is C16H26N2O3. The van der Waals surface area contributed by atoms with Gasteiger partial charge in [-0.05, 0) is 19.9 Å². The fourth-order valence-electron chi connectivity index (χ4n) is 3.04. The van der Waals surface area contributed by atoms with Gasteiger partial charge in [-0.3, -0.25) is 9.69 Å². The van der Waals surface area contributed by atoms with Crippen LogP contribution in [0.15, 0.2) is 17.1 Å². The van der Waals surface area contributed by atoms with Crippen LogP contribution in [-0.2, 0) is 17.8 Å². The molecule has 1 saturated carbocycles. The van der Waals surface area contributed by atoms with Gasteiger partial charge in [-0.25, -0.2) is 0 Å². The molecule has 0 spiro atoms. The first kappa shape index (κ1) is 16.0. The number of methoxy groups -OCH3 is 1. The van der Waals surface area contributed by atoms with Crippen molar-refractivity contribution in [2.45, 2.75) is 51.2 Å². The van der Waals surface area contributed by atoms with E-state index < -0.39 is 0 Å². The van der Waals surface area contributed by atoms with E-state index in [-0.39, 0.29) is 11.2 Å². The second kappa shape index (κ2) is 7.61. The fraction of sp³-hybridized carbons (Fsp3) is 0.688. The molecule has 0 aliphatic heterocycles. The summed E-state index contributed by atoms with van der Waals surface area (Å²) >= 11 is 0. The van der Waals surface area contributed by atoms with E-state index in [0.29, 0.717) is 19.2 Å². The molecule has 0 atom stereocenters. The van der Waals surface area contributed by atoms with Crippen molar-refractivity contribution in [2.75, 3.05) is 20.8 Å². The summed E-state index contributed by atoms with van der Waals surface area (Å²) in [4.78, 5) is 14.0. The van der Waals surface area contributed by atoms with Crippen LogP contribution in [0, 0.1) is 0 Å². The molecular weight excluding hydrogens is 268 g/mol. The maximum absolute atomic E-state index is 11.7. The Morgan fingerprint density at radius 2 is 2.10 bits per heavy atom. The van der Waals surface area contributed by atoms with Crippen LogP contribution in [0.25, 0.3) is 0 Å². The van der Waals surface area contributed by atoms with Crippen LogP contribution >= 0.6 is 0 Å². The largest absolute Gasteiger partial charge is 0.503 e. The van der Waals surface area contributed by atoms with Gasteiger partial charge in [0.2, 0.25) is 5.43 Å². The number of rotatable bonds is 6. The second-order valence-corrected chi connectivity index (χ2v) is 5.91. The van der Waals surface area contributed by atoms with E-state index >= 15 is 0 Å². The monoisotopic (exact) mass is 294 g/mol. The zero-order valence-electron chi connectivity index (χ0n) is 13.0. The Balaban J connectivity index is 2.12. The van der Waals surface area contributed by atoms with E-state index in [2.05, 4.69) is 11.9 Å². The molecule has 1 N–H and O–H groups in total. The van der Waals surface area contributed by atoms with Gasteiger partial charge in [-0.15, -0.1) is 0 Å². The van der Waals surface area contributed by atoms with Crippen LogP contribution in [0.3, 0.4) is 0 Å². The Hall–Kier alpha value is -1.33. The molecule has 0 radical (unpaired) electrons. The number of ether oxygens (including phenoxy) is 1. The predicted molar refractivity (Wildman–Crippen MR) is 82.6 cm³/mol. The molecule has 1 fully saturated rings. The van der Waals surface area contributed by atoms with Gasteiger partial charge < -0.3 is 14.4 Å². The highest BCUT2D eigenvalue weighted by atomic mass is 16.5. The van der Waals surface area contributed by atoms with E-state index in [9.17, 15) is 9.90 Å². The summed E-state index contributed by atoms with van der Waals surface area (Å²) in [5, 5.41) is 9.62. The molecule has 0 amide bonds. The van der Waals surface area contributed by atoms with Gasteiger partial charge in [0.25, 0.3) is 0 Å². The molecule has 0 aromatic carbocycles. The van der Waals surface area contributed by atoms with Gasteiger partial charge in [0.05, 0.1) is 12.8 Å². The quantitative estimate of drug-likeness (QED) is 0.871. The molecule has 1 aliphatic carbocycles. The summed E-state index contributed by atoms with van der Waals surface area (Å²) in [6.07, 6.45) is 7.91. The summed E-state index contributed by atoms with van der Waals surface area (Å²) in [6, 6.07) is 2.14. The third-order valence-corrected chi connectivity index (χ3v) is 4.34. The van der Waals surface area contributed by atoms with E-state index in [0.717, 1.165) is 12.2 Å². The standard InChI is InChI=1S/C16H26N2O3/c1-17(13-6-4-3-5-7-13)11-14-10-15(19)16(20)12-18(14)8-9-21-2/h10,12-13,20H,3-9,11H2,1-2H3. The van der Waals surface area contributed by atoms with Crippen LogP contribution in [0.1, 0.15) is 37.8 Å². The normalized spacial score (nSPS) is 16.5. The number of nitrogens with zero attached hydrogens (tertiary/aromatic N) is 2. The van der Waals surface area contributed by atoms with Gasteiger partial charge >= 0.3 is 0 Å². The van der Waals surface area contributed by atoms with E-state index in [4.69, 9.17) is 4.74 Å². The minimum absolute atomic E-state index is 0.199. The first-order chi connectivity index (χ1) is 10.1. The summed E-state index contributed by atoms with van der Waals surface area (Å²) in [5.74, 6) is -0.199. The lowest BCUT2D eigenvalue weighted by molar-refractivity contribution is 0.170. The molecule has 118 valence electrons. The maximum atomic E-state index is 11.7. The Labute approximate surface area is 126 Å². The molecule has 21 heavy (non-hydrogen) atoms. The lowest BCUT2D eigenvalue weighted by Gasteiger charge is -2.31. The molecule has 1 heterocycles. The third-order valence-electron chi connectivity index (χ3n) is 4.34. The SMILES string of the molecule is COCCn1cc(O)c(=O)cc1CN(C)C1CCCCC1. The number of pyridine rings is 1. The van der Waals surface area contributed by atoms with E-state index in [1.165, 1.54) is 38.3 Å². The Morgan fingerprint density at radius 3 is 2.76 bits per heavy atom. The van der Waals surface area contributed by atoms with E-state index in [1.54, 1.807) is 13.2 Å². The number of aromatic nitrogens is 1. The highest BCUT2D eigenvalue weighted by Crippen LogP contribution is 2.22. The maximum Gasteiger partial charge on any atom is 0.223 e. The topological polar surface area (TPSA) is 54.7 Å². The van der Waals surface area contributed by atoms with Crippen LogP contribution < -0.4 is 5.43 Å². The van der Waals surface area contributed by atoms with Crippen molar-refractivity contribution < 1.29 is 9.84 Å². The molecule has 0 saturated heterocycles. The zero-order valence-corrected chi connectivity index (χ0v) is 13.0. The predicted octanol–water partition coefficient (Wildman–Crippen LogP) is 1.96. The van der Waals surface area contributed by atoms with Crippen molar-refractivity contribution >= 4 is 0 Å². The van der Waals surface area contributed by atoms with Crippen LogP contribution in [-0.4, -0.2) is 41.4 Å². The fourth-order valence-corrected chi connectivity index (χ4v) is 3.04.